The highest BCUT2D eigenvalue weighted by atomic mass is 16.1. The predicted octanol–water partition coefficient (Wildman–Crippen LogP) is 4.19. The van der Waals surface area contributed by atoms with Gasteiger partial charge < -0.3 is 10.3 Å². The molecular weight excluding hydrogens is 312 g/mol. The Morgan fingerprint density at radius 2 is 1.96 bits per heavy atom. The molecule has 0 radical (unpaired) electrons. The molecule has 2 aromatic carbocycles. The second kappa shape index (κ2) is 6.20. The van der Waals surface area contributed by atoms with E-state index in [-0.39, 0.29) is 5.91 Å². The Hall–Kier alpha value is -3.47. The van der Waals surface area contributed by atoms with Crippen LogP contribution in [-0.2, 0) is 0 Å². The van der Waals surface area contributed by atoms with Crippen LogP contribution in [0.4, 0.5) is 5.69 Å². The number of benzene rings is 2. The van der Waals surface area contributed by atoms with Crippen molar-refractivity contribution in [3.63, 3.8) is 0 Å². The number of H-pyrrole nitrogens is 1. The van der Waals surface area contributed by atoms with Crippen molar-refractivity contribution < 1.29 is 4.79 Å². The Morgan fingerprint density at radius 3 is 2.76 bits per heavy atom. The molecule has 2 heterocycles. The van der Waals surface area contributed by atoms with Crippen molar-refractivity contribution in [1.82, 2.24) is 15.0 Å². The van der Waals surface area contributed by atoms with Gasteiger partial charge in [0.2, 0.25) is 0 Å². The van der Waals surface area contributed by atoms with E-state index in [2.05, 4.69) is 20.3 Å². The summed E-state index contributed by atoms with van der Waals surface area (Å²) in [4.78, 5) is 24.3. The first-order chi connectivity index (χ1) is 12.2. The summed E-state index contributed by atoms with van der Waals surface area (Å²) in [6.45, 7) is 2.02. The smallest absolute Gasteiger partial charge is 0.257 e. The lowest BCUT2D eigenvalue weighted by Crippen LogP contribution is -2.12. The van der Waals surface area contributed by atoms with Crippen LogP contribution < -0.4 is 5.32 Å². The number of fused-ring (bicyclic) bond motifs is 1. The summed E-state index contributed by atoms with van der Waals surface area (Å²) >= 11 is 0. The molecule has 25 heavy (non-hydrogen) atoms. The van der Waals surface area contributed by atoms with E-state index in [0.29, 0.717) is 5.56 Å². The largest absolute Gasteiger partial charge is 0.338 e. The number of aromatic amines is 1. The van der Waals surface area contributed by atoms with E-state index in [9.17, 15) is 4.79 Å². The van der Waals surface area contributed by atoms with Gasteiger partial charge in [0.1, 0.15) is 5.82 Å². The van der Waals surface area contributed by atoms with Gasteiger partial charge in [0.25, 0.3) is 5.91 Å². The molecule has 122 valence electrons. The van der Waals surface area contributed by atoms with Gasteiger partial charge in [-0.15, -0.1) is 0 Å². The third kappa shape index (κ3) is 2.99. The second-order valence-corrected chi connectivity index (χ2v) is 5.83. The van der Waals surface area contributed by atoms with Crippen molar-refractivity contribution in [2.45, 2.75) is 6.92 Å². The maximum absolute atomic E-state index is 12.3. The van der Waals surface area contributed by atoms with E-state index < -0.39 is 0 Å². The Balaban J connectivity index is 1.68. The van der Waals surface area contributed by atoms with Gasteiger partial charge in [-0.05, 0) is 48.9 Å². The van der Waals surface area contributed by atoms with Crippen molar-refractivity contribution in [2.24, 2.45) is 0 Å². The van der Waals surface area contributed by atoms with Gasteiger partial charge in [0.15, 0.2) is 0 Å². The van der Waals surface area contributed by atoms with Crippen LogP contribution in [0.3, 0.4) is 0 Å². The molecule has 0 aliphatic heterocycles. The van der Waals surface area contributed by atoms with E-state index in [1.807, 2.05) is 49.4 Å². The number of nitrogens with one attached hydrogen (secondary N) is 2. The Morgan fingerprint density at radius 1 is 1.08 bits per heavy atom. The van der Waals surface area contributed by atoms with Crippen LogP contribution in [0.1, 0.15) is 15.9 Å². The fraction of sp³-hybridized carbons (Fsp3) is 0.0500. The highest BCUT2D eigenvalue weighted by Gasteiger charge is 2.11. The Bertz CT molecular complexity index is 1020. The maximum atomic E-state index is 12.3. The third-order valence-electron chi connectivity index (χ3n) is 4.06. The number of nitrogens with zero attached hydrogens (tertiary/aromatic N) is 2. The van der Waals surface area contributed by atoms with Crippen molar-refractivity contribution in [3.8, 4) is 11.4 Å². The monoisotopic (exact) mass is 328 g/mol. The lowest BCUT2D eigenvalue weighted by molar-refractivity contribution is 0.102. The quantitative estimate of drug-likeness (QED) is 0.592. The van der Waals surface area contributed by atoms with Crippen LogP contribution in [0.2, 0.25) is 0 Å². The van der Waals surface area contributed by atoms with Crippen molar-refractivity contribution >= 4 is 22.6 Å². The molecule has 0 saturated heterocycles. The zero-order valence-electron chi connectivity index (χ0n) is 13.7. The summed E-state index contributed by atoms with van der Waals surface area (Å²) < 4.78 is 0. The van der Waals surface area contributed by atoms with E-state index in [1.165, 1.54) is 0 Å². The number of aryl methyl sites for hydroxylation is 1. The standard InChI is InChI=1S/C20H16N4O/c1-13-8-9-15(22-20(25)14-5-4-10-21-12-14)11-16(13)19-23-17-6-2-3-7-18(17)24-19/h2-12H,1H3,(H,22,25)(H,23,24). The lowest BCUT2D eigenvalue weighted by Gasteiger charge is -2.09. The minimum absolute atomic E-state index is 0.187. The normalized spacial score (nSPS) is 10.8. The minimum Gasteiger partial charge on any atom is -0.338 e. The summed E-state index contributed by atoms with van der Waals surface area (Å²) in [6.07, 6.45) is 3.19. The average Bonchev–Trinajstić information content (AvgIpc) is 3.08. The molecule has 5 nitrogen and oxygen atoms in total. The summed E-state index contributed by atoms with van der Waals surface area (Å²) in [7, 11) is 0. The maximum Gasteiger partial charge on any atom is 0.257 e. The second-order valence-electron chi connectivity index (χ2n) is 5.83. The molecule has 5 heteroatoms. The van der Waals surface area contributed by atoms with Crippen molar-refractivity contribution in [3.05, 3.63) is 78.1 Å². The summed E-state index contributed by atoms with van der Waals surface area (Å²) in [6, 6.07) is 17.2. The van der Waals surface area contributed by atoms with Gasteiger partial charge in [-0.2, -0.15) is 0 Å². The summed E-state index contributed by atoms with van der Waals surface area (Å²) in [5.74, 6) is 0.601. The molecule has 0 spiro atoms. The van der Waals surface area contributed by atoms with Gasteiger partial charge in [-0.3, -0.25) is 9.78 Å². The molecule has 4 aromatic rings. The van der Waals surface area contributed by atoms with E-state index >= 15 is 0 Å². The van der Waals surface area contributed by atoms with E-state index in [0.717, 1.165) is 33.7 Å². The predicted molar refractivity (Wildman–Crippen MR) is 98.5 cm³/mol. The molecule has 0 bridgehead atoms. The first-order valence-corrected chi connectivity index (χ1v) is 7.98. The van der Waals surface area contributed by atoms with Gasteiger partial charge >= 0.3 is 0 Å². The van der Waals surface area contributed by atoms with Gasteiger partial charge in [-0.1, -0.05) is 18.2 Å². The molecule has 0 aliphatic rings. The SMILES string of the molecule is Cc1ccc(NC(=O)c2cccnc2)cc1-c1nc2ccccc2[nH]1. The number of hydrogen-bond donors (Lipinski definition) is 2. The Kier molecular flexibility index (Phi) is 3.74. The number of carbonyl (C=O) groups excluding carboxylic acids is 1. The average molecular weight is 328 g/mol. The van der Waals surface area contributed by atoms with Crippen LogP contribution in [0.5, 0.6) is 0 Å². The van der Waals surface area contributed by atoms with E-state index in [1.54, 1.807) is 24.5 Å². The number of anilines is 1. The number of imidazole rings is 1. The fourth-order valence-electron chi connectivity index (χ4n) is 2.74. The van der Waals surface area contributed by atoms with Crippen LogP contribution in [0.25, 0.3) is 22.4 Å². The number of carbonyl (C=O) groups is 1. The van der Waals surface area contributed by atoms with Gasteiger partial charge in [0.05, 0.1) is 16.6 Å². The fourth-order valence-corrected chi connectivity index (χ4v) is 2.74. The lowest BCUT2D eigenvalue weighted by atomic mass is 10.1. The van der Waals surface area contributed by atoms with Crippen molar-refractivity contribution in [2.75, 3.05) is 5.32 Å². The minimum atomic E-state index is -0.187. The molecule has 0 atom stereocenters. The molecule has 2 N–H and O–H groups in total. The molecule has 1 amide bonds. The first kappa shape index (κ1) is 15.1. The zero-order valence-corrected chi connectivity index (χ0v) is 13.7. The highest BCUT2D eigenvalue weighted by Crippen LogP contribution is 2.26. The van der Waals surface area contributed by atoms with Crippen LogP contribution in [0.15, 0.2) is 67.0 Å². The summed E-state index contributed by atoms with van der Waals surface area (Å²) in [5, 5.41) is 2.91. The van der Waals surface area contributed by atoms with Gasteiger partial charge in [-0.25, -0.2) is 4.98 Å². The van der Waals surface area contributed by atoms with Crippen LogP contribution >= 0.6 is 0 Å². The molecule has 2 aromatic heterocycles. The topological polar surface area (TPSA) is 70.7 Å². The highest BCUT2D eigenvalue weighted by molar-refractivity contribution is 6.04. The number of pyridine rings is 1. The van der Waals surface area contributed by atoms with E-state index in [4.69, 9.17) is 0 Å². The first-order valence-electron chi connectivity index (χ1n) is 7.98. The third-order valence-corrected chi connectivity index (χ3v) is 4.06. The molecule has 0 aliphatic carbocycles. The van der Waals surface area contributed by atoms with Crippen molar-refractivity contribution in [1.29, 1.82) is 0 Å². The van der Waals surface area contributed by atoms with Gasteiger partial charge in [0, 0.05) is 23.6 Å². The number of para-hydroxylation sites is 2. The molecule has 0 saturated carbocycles. The molecule has 0 unspecified atom stereocenters. The zero-order chi connectivity index (χ0) is 17.2. The van der Waals surface area contributed by atoms with Crippen LogP contribution in [-0.4, -0.2) is 20.9 Å². The van der Waals surface area contributed by atoms with Crippen LogP contribution in [0, 0.1) is 6.92 Å². The number of aromatic nitrogens is 3. The summed E-state index contributed by atoms with van der Waals surface area (Å²) in [5.41, 5.74) is 5.19. The number of rotatable bonds is 3. The Labute approximate surface area is 144 Å². The number of amides is 1. The molecular formula is C20H16N4O. The molecule has 4 rings (SSSR count). The number of hydrogen-bond acceptors (Lipinski definition) is 3. The molecule has 0 fully saturated rings.